The third-order valence-electron chi connectivity index (χ3n) is 4.03. The van der Waals surface area contributed by atoms with E-state index in [0.717, 1.165) is 11.8 Å². The SMILES string of the molecule is Cc1cccc(NC(=O)[C@@H]2CCN(S(C)(=O)=O)c3cc(Cl)ccc3O2)c1. The number of benzene rings is 2. The van der Waals surface area contributed by atoms with Gasteiger partial charge in [-0.2, -0.15) is 0 Å². The number of anilines is 2. The Bertz CT molecular complexity index is 946. The van der Waals surface area contributed by atoms with Gasteiger partial charge in [-0.05, 0) is 42.8 Å². The van der Waals surface area contributed by atoms with Crippen LogP contribution >= 0.6 is 11.6 Å². The van der Waals surface area contributed by atoms with Gasteiger partial charge in [0.05, 0.1) is 11.9 Å². The molecule has 1 N–H and O–H groups in total. The van der Waals surface area contributed by atoms with E-state index < -0.39 is 16.1 Å². The van der Waals surface area contributed by atoms with Crippen molar-refractivity contribution in [2.45, 2.75) is 19.4 Å². The van der Waals surface area contributed by atoms with E-state index in [1.807, 2.05) is 25.1 Å². The van der Waals surface area contributed by atoms with Crippen LogP contribution in [-0.2, 0) is 14.8 Å². The first-order chi connectivity index (χ1) is 12.2. The standard InChI is InChI=1S/C18H19ClN2O4S/c1-12-4-3-5-14(10-12)20-18(22)17-8-9-21(26(2,23)24)15-11-13(19)6-7-16(15)25-17/h3-7,10-11,17H,8-9H2,1-2H3,(H,20,22)/t17-/m0/s1. The summed E-state index contributed by atoms with van der Waals surface area (Å²) in [5.74, 6) is -0.0198. The summed E-state index contributed by atoms with van der Waals surface area (Å²) in [7, 11) is -3.53. The summed E-state index contributed by atoms with van der Waals surface area (Å²) in [6.45, 7) is 2.06. The second kappa shape index (κ2) is 7.17. The Hall–Kier alpha value is -2.25. The Balaban J connectivity index is 1.88. The van der Waals surface area contributed by atoms with Crippen LogP contribution in [0.15, 0.2) is 42.5 Å². The highest BCUT2D eigenvalue weighted by Gasteiger charge is 2.31. The molecule has 1 aliphatic rings. The molecule has 0 saturated carbocycles. The van der Waals surface area contributed by atoms with Crippen molar-refractivity contribution in [1.82, 2.24) is 0 Å². The van der Waals surface area contributed by atoms with Crippen LogP contribution in [0.25, 0.3) is 0 Å². The predicted molar refractivity (Wildman–Crippen MR) is 102 cm³/mol. The predicted octanol–water partition coefficient (Wildman–Crippen LogP) is 3.20. The van der Waals surface area contributed by atoms with Gasteiger partial charge in [0, 0.05) is 23.7 Å². The van der Waals surface area contributed by atoms with E-state index in [-0.39, 0.29) is 18.9 Å². The molecule has 0 radical (unpaired) electrons. The molecule has 138 valence electrons. The number of carbonyl (C=O) groups excluding carboxylic acids is 1. The number of halogens is 1. The lowest BCUT2D eigenvalue weighted by Crippen LogP contribution is -2.35. The average Bonchev–Trinajstić information content (AvgIpc) is 2.73. The number of sulfonamides is 1. The maximum Gasteiger partial charge on any atom is 0.265 e. The molecular weight excluding hydrogens is 376 g/mol. The molecule has 1 aliphatic heterocycles. The number of hydrogen-bond acceptors (Lipinski definition) is 4. The van der Waals surface area contributed by atoms with Crippen molar-refractivity contribution in [1.29, 1.82) is 0 Å². The monoisotopic (exact) mass is 394 g/mol. The molecule has 0 bridgehead atoms. The topological polar surface area (TPSA) is 75.7 Å². The fourth-order valence-electron chi connectivity index (χ4n) is 2.83. The first-order valence-corrected chi connectivity index (χ1v) is 10.3. The molecule has 2 aromatic carbocycles. The second-order valence-electron chi connectivity index (χ2n) is 6.20. The Morgan fingerprint density at radius 3 is 2.73 bits per heavy atom. The Morgan fingerprint density at radius 1 is 1.27 bits per heavy atom. The van der Waals surface area contributed by atoms with Gasteiger partial charge in [0.1, 0.15) is 5.75 Å². The lowest BCUT2D eigenvalue weighted by atomic mass is 10.2. The Kier molecular flexibility index (Phi) is 5.11. The van der Waals surface area contributed by atoms with Crippen LogP contribution < -0.4 is 14.4 Å². The first kappa shape index (κ1) is 18.5. The minimum absolute atomic E-state index is 0.123. The van der Waals surface area contributed by atoms with Gasteiger partial charge in [0.15, 0.2) is 6.10 Å². The molecule has 1 heterocycles. The zero-order valence-electron chi connectivity index (χ0n) is 14.4. The number of hydrogen-bond donors (Lipinski definition) is 1. The maximum atomic E-state index is 12.6. The molecule has 6 nitrogen and oxygen atoms in total. The summed E-state index contributed by atoms with van der Waals surface area (Å²) in [6.07, 6.45) is 0.518. The summed E-state index contributed by atoms with van der Waals surface area (Å²) in [4.78, 5) is 12.6. The average molecular weight is 395 g/mol. The van der Waals surface area contributed by atoms with Gasteiger partial charge < -0.3 is 10.1 Å². The minimum Gasteiger partial charge on any atom is -0.478 e. The summed E-state index contributed by atoms with van der Waals surface area (Å²) in [5.41, 5.74) is 2.03. The normalized spacial score (nSPS) is 17.0. The maximum absolute atomic E-state index is 12.6. The van der Waals surface area contributed by atoms with Gasteiger partial charge in [-0.1, -0.05) is 23.7 Å². The van der Waals surface area contributed by atoms with Crippen LogP contribution in [0.1, 0.15) is 12.0 Å². The quantitative estimate of drug-likeness (QED) is 0.867. The third-order valence-corrected chi connectivity index (χ3v) is 5.45. The van der Waals surface area contributed by atoms with Gasteiger partial charge >= 0.3 is 0 Å². The van der Waals surface area contributed by atoms with Crippen molar-refractivity contribution in [2.24, 2.45) is 0 Å². The van der Waals surface area contributed by atoms with Gasteiger partial charge in [-0.25, -0.2) is 8.42 Å². The molecular formula is C18H19ClN2O4S. The third kappa shape index (κ3) is 4.11. The highest BCUT2D eigenvalue weighted by Crippen LogP contribution is 2.36. The first-order valence-electron chi connectivity index (χ1n) is 8.05. The fourth-order valence-corrected chi connectivity index (χ4v) is 3.93. The zero-order valence-corrected chi connectivity index (χ0v) is 16.0. The van der Waals surface area contributed by atoms with Crippen LogP contribution in [0.4, 0.5) is 11.4 Å². The highest BCUT2D eigenvalue weighted by atomic mass is 35.5. The van der Waals surface area contributed by atoms with Crippen molar-refractivity contribution in [3.8, 4) is 5.75 Å². The fraction of sp³-hybridized carbons (Fsp3) is 0.278. The molecule has 26 heavy (non-hydrogen) atoms. The minimum atomic E-state index is -3.53. The summed E-state index contributed by atoms with van der Waals surface area (Å²) in [5, 5.41) is 3.21. The van der Waals surface area contributed by atoms with Gasteiger partial charge in [0.25, 0.3) is 5.91 Å². The summed E-state index contributed by atoms with van der Waals surface area (Å²) < 4.78 is 31.3. The number of nitrogens with one attached hydrogen (secondary N) is 1. The number of rotatable bonds is 3. The van der Waals surface area contributed by atoms with Crippen molar-refractivity contribution >= 4 is 38.9 Å². The van der Waals surface area contributed by atoms with Crippen LogP contribution in [0.2, 0.25) is 5.02 Å². The van der Waals surface area contributed by atoms with E-state index in [4.69, 9.17) is 16.3 Å². The van der Waals surface area contributed by atoms with E-state index in [0.29, 0.717) is 22.1 Å². The molecule has 0 unspecified atom stereocenters. The summed E-state index contributed by atoms with van der Waals surface area (Å²) >= 11 is 6.01. The van der Waals surface area contributed by atoms with Crippen molar-refractivity contribution in [2.75, 3.05) is 22.4 Å². The number of ether oxygens (including phenoxy) is 1. The molecule has 2 aromatic rings. The lowest BCUT2D eigenvalue weighted by Gasteiger charge is -2.21. The van der Waals surface area contributed by atoms with Crippen LogP contribution in [0.5, 0.6) is 5.75 Å². The van der Waals surface area contributed by atoms with E-state index in [9.17, 15) is 13.2 Å². The molecule has 0 fully saturated rings. The van der Waals surface area contributed by atoms with Gasteiger partial charge in [-0.3, -0.25) is 9.10 Å². The van der Waals surface area contributed by atoms with E-state index in [1.165, 1.54) is 10.4 Å². The largest absolute Gasteiger partial charge is 0.478 e. The number of nitrogens with zero attached hydrogens (tertiary/aromatic N) is 1. The zero-order chi connectivity index (χ0) is 18.9. The number of amides is 1. The lowest BCUT2D eigenvalue weighted by molar-refractivity contribution is -0.122. The molecule has 0 spiro atoms. The Labute approximate surface area is 157 Å². The van der Waals surface area contributed by atoms with E-state index >= 15 is 0 Å². The number of aryl methyl sites for hydroxylation is 1. The second-order valence-corrected chi connectivity index (χ2v) is 8.54. The number of carbonyl (C=O) groups is 1. The van der Waals surface area contributed by atoms with Crippen LogP contribution in [-0.4, -0.2) is 33.2 Å². The van der Waals surface area contributed by atoms with Gasteiger partial charge in [-0.15, -0.1) is 0 Å². The van der Waals surface area contributed by atoms with E-state index in [1.54, 1.807) is 18.2 Å². The van der Waals surface area contributed by atoms with Gasteiger partial charge in [0.2, 0.25) is 10.0 Å². The highest BCUT2D eigenvalue weighted by molar-refractivity contribution is 7.92. The van der Waals surface area contributed by atoms with Crippen LogP contribution in [0, 0.1) is 6.92 Å². The smallest absolute Gasteiger partial charge is 0.265 e. The molecule has 3 rings (SSSR count). The van der Waals surface area contributed by atoms with E-state index in [2.05, 4.69) is 5.32 Å². The molecule has 0 aliphatic carbocycles. The molecule has 0 saturated heterocycles. The molecule has 0 aromatic heterocycles. The summed E-state index contributed by atoms with van der Waals surface area (Å²) in [6, 6.07) is 12.1. The molecule has 8 heteroatoms. The van der Waals surface area contributed by atoms with Crippen molar-refractivity contribution < 1.29 is 17.9 Å². The molecule has 1 amide bonds. The van der Waals surface area contributed by atoms with Crippen LogP contribution in [0.3, 0.4) is 0 Å². The van der Waals surface area contributed by atoms with Crippen molar-refractivity contribution in [3.63, 3.8) is 0 Å². The van der Waals surface area contributed by atoms with Crippen molar-refractivity contribution in [3.05, 3.63) is 53.1 Å². The number of fused-ring (bicyclic) bond motifs is 1. The molecule has 1 atom stereocenters. The Morgan fingerprint density at radius 2 is 2.04 bits per heavy atom.